The van der Waals surface area contributed by atoms with Crippen LogP contribution >= 0.6 is 11.6 Å². The van der Waals surface area contributed by atoms with Gasteiger partial charge in [0.25, 0.3) is 5.91 Å². The number of amides is 1. The van der Waals surface area contributed by atoms with Gasteiger partial charge in [0.15, 0.2) is 5.43 Å². The number of carbonyl (C=O) groups is 1. The molecule has 0 saturated carbocycles. The van der Waals surface area contributed by atoms with Crippen LogP contribution in [-0.2, 0) is 0 Å². The highest BCUT2D eigenvalue weighted by atomic mass is 35.5. The Balaban J connectivity index is 1.84. The lowest BCUT2D eigenvalue weighted by atomic mass is 9.97. The van der Waals surface area contributed by atoms with Crippen molar-refractivity contribution >= 4 is 34.2 Å². The van der Waals surface area contributed by atoms with E-state index in [2.05, 4.69) is 15.3 Å². The monoisotopic (exact) mass is 432 g/mol. The van der Waals surface area contributed by atoms with Gasteiger partial charge >= 0.3 is 0 Å². The number of fused-ring (bicyclic) bond motifs is 1. The summed E-state index contributed by atoms with van der Waals surface area (Å²) in [5.41, 5.74) is 9.35. The fourth-order valence-corrected chi connectivity index (χ4v) is 3.89. The number of pyridine rings is 2. The van der Waals surface area contributed by atoms with Crippen LogP contribution < -0.4 is 16.5 Å². The molecule has 1 amide bonds. The molecule has 4 aromatic rings. The summed E-state index contributed by atoms with van der Waals surface area (Å²) in [6.45, 7) is 3.56. The second-order valence-corrected chi connectivity index (χ2v) is 7.84. The highest BCUT2D eigenvalue weighted by Gasteiger charge is 2.24. The van der Waals surface area contributed by atoms with Crippen molar-refractivity contribution < 1.29 is 4.79 Å². The fourth-order valence-electron chi connectivity index (χ4n) is 3.72. The van der Waals surface area contributed by atoms with Crippen LogP contribution in [0.1, 0.15) is 38.7 Å². The number of benzene rings is 2. The number of aryl methyl sites for hydroxylation is 1. The van der Waals surface area contributed by atoms with Crippen molar-refractivity contribution in [3.05, 3.63) is 104 Å². The zero-order valence-electron chi connectivity index (χ0n) is 17.1. The van der Waals surface area contributed by atoms with E-state index in [-0.39, 0.29) is 11.3 Å². The molecule has 2 heterocycles. The van der Waals surface area contributed by atoms with E-state index in [0.717, 1.165) is 5.56 Å². The molecule has 0 saturated heterocycles. The molecule has 0 fully saturated rings. The number of hydrogen-bond acceptors (Lipinski definition) is 4. The highest BCUT2D eigenvalue weighted by Crippen LogP contribution is 2.24. The first kappa shape index (κ1) is 20.6. The van der Waals surface area contributed by atoms with Gasteiger partial charge in [0.2, 0.25) is 0 Å². The Morgan fingerprint density at radius 1 is 1.16 bits per heavy atom. The zero-order valence-corrected chi connectivity index (χ0v) is 17.8. The molecule has 4 rings (SSSR count). The topological polar surface area (TPSA) is 101 Å². The molecule has 6 nitrogen and oxygen atoms in total. The summed E-state index contributed by atoms with van der Waals surface area (Å²) in [6.07, 6.45) is 3.20. The summed E-state index contributed by atoms with van der Waals surface area (Å²) in [7, 11) is 0. The maximum Gasteiger partial charge on any atom is 0.252 e. The molecule has 0 radical (unpaired) electrons. The quantitative estimate of drug-likeness (QED) is 0.447. The average Bonchev–Trinajstić information content (AvgIpc) is 2.76. The van der Waals surface area contributed by atoms with Crippen LogP contribution in [0.3, 0.4) is 0 Å². The summed E-state index contributed by atoms with van der Waals surface area (Å²) < 4.78 is 0. The summed E-state index contributed by atoms with van der Waals surface area (Å²) in [5, 5.41) is 4.05. The maximum atomic E-state index is 13.3. The predicted octanol–water partition coefficient (Wildman–Crippen LogP) is 4.29. The van der Waals surface area contributed by atoms with E-state index in [0.29, 0.717) is 44.0 Å². The Morgan fingerprint density at radius 3 is 2.65 bits per heavy atom. The number of carbonyl (C=O) groups excluding carboxylic acids is 1. The molecule has 1 atom stereocenters. The SMILES string of the molecule is Cc1cnc(N)c(C)c1C(=O)NC(c1ccccc1)c1c[nH]c2cc(Cl)ccc2c1=O. The Bertz CT molecular complexity index is 1350. The molecule has 0 bridgehead atoms. The van der Waals surface area contributed by atoms with Gasteiger partial charge in [-0.05, 0) is 43.2 Å². The van der Waals surface area contributed by atoms with E-state index < -0.39 is 6.04 Å². The second-order valence-electron chi connectivity index (χ2n) is 7.41. The summed E-state index contributed by atoms with van der Waals surface area (Å²) in [6, 6.07) is 13.7. The first-order chi connectivity index (χ1) is 14.9. The van der Waals surface area contributed by atoms with Gasteiger partial charge in [-0.1, -0.05) is 41.9 Å². The Kier molecular flexibility index (Phi) is 5.48. The van der Waals surface area contributed by atoms with E-state index in [1.54, 1.807) is 44.4 Å². The third-order valence-corrected chi connectivity index (χ3v) is 5.60. The molecule has 2 aromatic carbocycles. The Labute approximate surface area is 184 Å². The number of aromatic nitrogens is 2. The van der Waals surface area contributed by atoms with Crippen molar-refractivity contribution in [2.45, 2.75) is 19.9 Å². The van der Waals surface area contributed by atoms with Gasteiger partial charge in [0.1, 0.15) is 5.82 Å². The molecular weight excluding hydrogens is 412 g/mol. The van der Waals surface area contributed by atoms with Gasteiger partial charge in [-0.25, -0.2) is 4.98 Å². The van der Waals surface area contributed by atoms with Gasteiger partial charge in [-0.3, -0.25) is 9.59 Å². The third-order valence-electron chi connectivity index (χ3n) is 5.37. The largest absolute Gasteiger partial charge is 0.383 e. The van der Waals surface area contributed by atoms with Crippen LogP contribution in [0.25, 0.3) is 10.9 Å². The molecule has 31 heavy (non-hydrogen) atoms. The minimum Gasteiger partial charge on any atom is -0.383 e. The molecule has 2 aromatic heterocycles. The Hall–Kier alpha value is -3.64. The summed E-state index contributed by atoms with van der Waals surface area (Å²) in [5.74, 6) is -0.0269. The van der Waals surface area contributed by atoms with Crippen molar-refractivity contribution in [3.8, 4) is 0 Å². The number of nitrogens with one attached hydrogen (secondary N) is 2. The van der Waals surface area contributed by atoms with Crippen molar-refractivity contribution in [2.24, 2.45) is 0 Å². The average molecular weight is 433 g/mol. The van der Waals surface area contributed by atoms with Gasteiger partial charge in [0, 0.05) is 33.9 Å². The van der Waals surface area contributed by atoms with Gasteiger partial charge in [-0.15, -0.1) is 0 Å². The number of aromatic amines is 1. The molecule has 4 N–H and O–H groups in total. The third kappa shape index (κ3) is 3.90. The zero-order chi connectivity index (χ0) is 22.1. The number of halogens is 1. The first-order valence-corrected chi connectivity index (χ1v) is 10.1. The van der Waals surface area contributed by atoms with Crippen molar-refractivity contribution in [3.63, 3.8) is 0 Å². The molecule has 0 aliphatic carbocycles. The normalized spacial score (nSPS) is 12.0. The van der Waals surface area contributed by atoms with Crippen molar-refractivity contribution in [2.75, 3.05) is 5.73 Å². The molecule has 0 aliphatic rings. The molecule has 0 spiro atoms. The standard InChI is InChI=1S/C24H21ClN4O2/c1-13-11-28-23(26)14(2)20(13)24(31)29-21(15-6-4-3-5-7-15)18-12-27-19-10-16(25)8-9-17(19)22(18)30/h3-12,21H,1-2H3,(H2,26,28)(H,27,30)(H,29,31). The number of anilines is 1. The van der Waals surface area contributed by atoms with Crippen molar-refractivity contribution in [1.82, 2.24) is 15.3 Å². The lowest BCUT2D eigenvalue weighted by Crippen LogP contribution is -2.33. The van der Waals surface area contributed by atoms with Crippen LogP contribution in [0, 0.1) is 13.8 Å². The lowest BCUT2D eigenvalue weighted by Gasteiger charge is -2.21. The van der Waals surface area contributed by atoms with Gasteiger partial charge in [0.05, 0.1) is 17.1 Å². The maximum absolute atomic E-state index is 13.3. The number of rotatable bonds is 4. The number of nitrogens with two attached hydrogens (primary N) is 1. The number of H-pyrrole nitrogens is 1. The Morgan fingerprint density at radius 2 is 1.90 bits per heavy atom. The van der Waals surface area contributed by atoms with Crippen molar-refractivity contribution in [1.29, 1.82) is 0 Å². The minimum absolute atomic E-state index is 0.178. The smallest absolute Gasteiger partial charge is 0.252 e. The molecule has 1 unspecified atom stereocenters. The van der Waals surface area contributed by atoms with E-state index in [1.807, 2.05) is 30.3 Å². The van der Waals surface area contributed by atoms with Crippen LogP contribution in [0.15, 0.2) is 65.7 Å². The number of nitrogen functional groups attached to an aromatic ring is 1. The number of hydrogen-bond donors (Lipinski definition) is 3. The molecule has 0 aliphatic heterocycles. The van der Waals surface area contributed by atoms with Crippen LogP contribution in [-0.4, -0.2) is 15.9 Å². The van der Waals surface area contributed by atoms with Crippen LogP contribution in [0.2, 0.25) is 5.02 Å². The second kappa shape index (κ2) is 8.24. The molecule has 156 valence electrons. The number of nitrogens with zero attached hydrogens (tertiary/aromatic N) is 1. The van der Waals surface area contributed by atoms with Gasteiger partial charge < -0.3 is 16.0 Å². The highest BCUT2D eigenvalue weighted by molar-refractivity contribution is 6.31. The summed E-state index contributed by atoms with van der Waals surface area (Å²) >= 11 is 6.05. The van der Waals surface area contributed by atoms with Gasteiger partial charge in [-0.2, -0.15) is 0 Å². The molecule has 7 heteroatoms. The van der Waals surface area contributed by atoms with E-state index in [9.17, 15) is 9.59 Å². The first-order valence-electron chi connectivity index (χ1n) is 9.75. The minimum atomic E-state index is -0.661. The summed E-state index contributed by atoms with van der Waals surface area (Å²) in [4.78, 5) is 33.8. The fraction of sp³-hybridized carbons (Fsp3) is 0.125. The van der Waals surface area contributed by atoms with E-state index in [4.69, 9.17) is 17.3 Å². The predicted molar refractivity (Wildman–Crippen MR) is 123 cm³/mol. The lowest BCUT2D eigenvalue weighted by molar-refractivity contribution is 0.0941. The molecular formula is C24H21ClN4O2. The van der Waals surface area contributed by atoms with Crippen LogP contribution in [0.4, 0.5) is 5.82 Å². The van der Waals surface area contributed by atoms with Crippen LogP contribution in [0.5, 0.6) is 0 Å². The van der Waals surface area contributed by atoms with E-state index in [1.165, 1.54) is 0 Å². The van der Waals surface area contributed by atoms with E-state index >= 15 is 0 Å².